The molecule has 1 heterocycles. The lowest BCUT2D eigenvalue weighted by molar-refractivity contribution is 0.489. The zero-order valence-corrected chi connectivity index (χ0v) is 7.33. The van der Waals surface area contributed by atoms with Gasteiger partial charge in [0, 0.05) is 44.6 Å². The number of halogens is 1. The third-order valence-corrected chi connectivity index (χ3v) is 2.14. The molecule has 1 aliphatic rings. The van der Waals surface area contributed by atoms with Crippen LogP contribution in [0.2, 0.25) is 0 Å². The zero-order valence-electron chi connectivity index (χ0n) is 6.51. The van der Waals surface area contributed by atoms with Crippen LogP contribution in [0.25, 0.3) is 0 Å². The maximum absolute atomic E-state index is 11.7. The fourth-order valence-electron chi connectivity index (χ4n) is 1.09. The van der Waals surface area contributed by atoms with Gasteiger partial charge in [-0.2, -0.15) is 3.89 Å². The highest BCUT2D eigenvalue weighted by molar-refractivity contribution is 7.94. The summed E-state index contributed by atoms with van der Waals surface area (Å²) in [6.45, 7) is 2.38. The van der Waals surface area contributed by atoms with Gasteiger partial charge in [-0.25, -0.2) is 0 Å². The fourth-order valence-corrected chi connectivity index (χ4v) is 1.38. The van der Waals surface area contributed by atoms with Crippen molar-refractivity contribution in [3.63, 3.8) is 0 Å². The molecular weight excluding hydrogens is 165 g/mol. The summed E-state index contributed by atoms with van der Waals surface area (Å²) in [7, 11) is 1.88. The predicted octanol–water partition coefficient (Wildman–Crippen LogP) is 0.786. The second-order valence-electron chi connectivity index (χ2n) is 2.55. The van der Waals surface area contributed by atoms with Gasteiger partial charge in [-0.1, -0.05) is 0 Å². The summed E-state index contributed by atoms with van der Waals surface area (Å²) in [6.07, 6.45) is 0. The Kier molecular flexibility index (Phi) is 2.99. The van der Waals surface area contributed by atoms with Gasteiger partial charge in [0.2, 0.25) is 0 Å². The third-order valence-electron chi connectivity index (χ3n) is 1.80. The second kappa shape index (κ2) is 3.80. The normalized spacial score (nSPS) is 18.2. The van der Waals surface area contributed by atoms with Crippen LogP contribution in [0.3, 0.4) is 0 Å². The van der Waals surface area contributed by atoms with Crippen LogP contribution >= 0.6 is 12.1 Å². The van der Waals surface area contributed by atoms with Crippen molar-refractivity contribution in [3.8, 4) is 0 Å². The number of rotatable bonds is 3. The quantitative estimate of drug-likeness (QED) is 0.691. The van der Waals surface area contributed by atoms with Crippen molar-refractivity contribution in [2.24, 2.45) is 0 Å². The number of nitrogens with zero attached hydrogens (tertiary/aromatic N) is 2. The Hall–Kier alpha value is -0.450. The van der Waals surface area contributed by atoms with Gasteiger partial charge in [0.25, 0.3) is 0 Å². The second-order valence-corrected chi connectivity index (χ2v) is 3.17. The van der Waals surface area contributed by atoms with Gasteiger partial charge >= 0.3 is 0 Å². The first kappa shape index (κ1) is 8.64. The van der Waals surface area contributed by atoms with E-state index in [2.05, 4.69) is 0 Å². The fraction of sp³-hybridized carbons (Fsp3) is 0.833. The molecule has 0 radical (unpaired) electrons. The Bertz CT molecular complexity index is 153. The van der Waals surface area contributed by atoms with E-state index in [1.54, 1.807) is 0 Å². The van der Waals surface area contributed by atoms with Crippen molar-refractivity contribution >= 4 is 18.1 Å². The van der Waals surface area contributed by atoms with Crippen LogP contribution in [-0.4, -0.2) is 48.2 Å². The molecule has 1 rings (SSSR count). The van der Waals surface area contributed by atoms with Crippen molar-refractivity contribution in [2.45, 2.75) is 0 Å². The first-order valence-electron chi connectivity index (χ1n) is 3.54. The van der Waals surface area contributed by atoms with Gasteiger partial charge in [-0.05, 0) is 0 Å². The van der Waals surface area contributed by atoms with Crippen molar-refractivity contribution in [1.29, 1.82) is 5.41 Å². The van der Waals surface area contributed by atoms with Gasteiger partial charge < -0.3 is 9.80 Å². The van der Waals surface area contributed by atoms with Crippen LogP contribution in [0.1, 0.15) is 0 Å². The minimum absolute atomic E-state index is 0.335. The van der Waals surface area contributed by atoms with Crippen LogP contribution in [-0.2, 0) is 0 Å². The highest BCUT2D eigenvalue weighted by atomic mass is 32.2. The largest absolute Gasteiger partial charge is 0.344 e. The summed E-state index contributed by atoms with van der Waals surface area (Å²) in [5, 5.41) is 7.51. The molecule has 64 valence electrons. The molecule has 11 heavy (non-hydrogen) atoms. The minimum atomic E-state index is 0.335. The molecule has 1 aliphatic heterocycles. The summed E-state index contributed by atoms with van der Waals surface area (Å²) < 4.78 is 11.7. The summed E-state index contributed by atoms with van der Waals surface area (Å²) in [6, 6.07) is 0. The van der Waals surface area contributed by atoms with Crippen LogP contribution in [0.4, 0.5) is 3.89 Å². The summed E-state index contributed by atoms with van der Waals surface area (Å²) in [5.41, 5.74) is 0. The Morgan fingerprint density at radius 2 is 2.36 bits per heavy atom. The van der Waals surface area contributed by atoms with E-state index in [9.17, 15) is 3.89 Å². The first-order valence-corrected chi connectivity index (χ1v) is 4.42. The SMILES string of the molecule is CN1CCN(CCSF)C1=N. The summed E-state index contributed by atoms with van der Waals surface area (Å²) in [4.78, 5) is 3.75. The van der Waals surface area contributed by atoms with E-state index >= 15 is 0 Å². The van der Waals surface area contributed by atoms with E-state index in [1.165, 1.54) is 0 Å². The standard InChI is InChI=1S/C6H12FN3S/c1-9-2-3-10(6(9)8)4-5-11-7/h8H,2-5H2,1H3. The molecule has 0 bridgehead atoms. The van der Waals surface area contributed by atoms with Crippen molar-refractivity contribution in [1.82, 2.24) is 9.80 Å². The summed E-state index contributed by atoms with van der Waals surface area (Å²) in [5.74, 6) is 0.968. The molecule has 0 atom stereocenters. The molecule has 0 aromatic carbocycles. The van der Waals surface area contributed by atoms with Crippen molar-refractivity contribution < 1.29 is 3.89 Å². The number of likely N-dealkylation sites (N-methyl/N-ethyl adjacent to an activating group) is 1. The molecule has 1 fully saturated rings. The molecule has 0 aromatic rings. The van der Waals surface area contributed by atoms with Crippen LogP contribution < -0.4 is 0 Å². The van der Waals surface area contributed by atoms with E-state index in [4.69, 9.17) is 5.41 Å². The molecule has 0 amide bonds. The predicted molar refractivity (Wildman–Crippen MR) is 45.5 cm³/mol. The Labute approximate surface area is 70.3 Å². The Balaban J connectivity index is 2.30. The Morgan fingerprint density at radius 1 is 1.64 bits per heavy atom. The molecule has 1 N–H and O–H groups in total. The van der Waals surface area contributed by atoms with Gasteiger partial charge in [-0.3, -0.25) is 5.41 Å². The molecule has 0 saturated carbocycles. The van der Waals surface area contributed by atoms with Crippen LogP contribution in [0.15, 0.2) is 0 Å². The molecule has 0 aliphatic carbocycles. The summed E-state index contributed by atoms with van der Waals surface area (Å²) >= 11 is 0.335. The van der Waals surface area contributed by atoms with Crippen LogP contribution in [0.5, 0.6) is 0 Å². The average Bonchev–Trinajstić information content (AvgIpc) is 2.31. The lowest BCUT2D eigenvalue weighted by Crippen LogP contribution is -2.31. The molecule has 0 spiro atoms. The molecule has 3 nitrogen and oxygen atoms in total. The highest BCUT2D eigenvalue weighted by Crippen LogP contribution is 2.07. The molecule has 0 aromatic heterocycles. The molecule has 5 heteroatoms. The van der Waals surface area contributed by atoms with E-state index in [1.807, 2.05) is 16.8 Å². The third kappa shape index (κ3) is 1.99. The molecule has 0 unspecified atom stereocenters. The van der Waals surface area contributed by atoms with Crippen LogP contribution in [0, 0.1) is 5.41 Å². The van der Waals surface area contributed by atoms with E-state index in [0.717, 1.165) is 13.1 Å². The lowest BCUT2D eigenvalue weighted by atomic mass is 10.6. The topological polar surface area (TPSA) is 30.3 Å². The maximum atomic E-state index is 11.7. The van der Waals surface area contributed by atoms with E-state index < -0.39 is 0 Å². The van der Waals surface area contributed by atoms with Gasteiger partial charge in [0.1, 0.15) is 0 Å². The molecular formula is C6H12FN3S. The maximum Gasteiger partial charge on any atom is 0.193 e. The highest BCUT2D eigenvalue weighted by Gasteiger charge is 2.20. The number of guanidine groups is 1. The Morgan fingerprint density at radius 3 is 2.82 bits per heavy atom. The smallest absolute Gasteiger partial charge is 0.193 e. The monoisotopic (exact) mass is 177 g/mol. The van der Waals surface area contributed by atoms with Gasteiger partial charge in [0.05, 0.1) is 0 Å². The zero-order chi connectivity index (χ0) is 8.27. The van der Waals surface area contributed by atoms with Gasteiger partial charge in [-0.15, -0.1) is 0 Å². The van der Waals surface area contributed by atoms with Gasteiger partial charge in [0.15, 0.2) is 5.96 Å². The average molecular weight is 177 g/mol. The van der Waals surface area contributed by atoms with E-state index in [-0.39, 0.29) is 0 Å². The van der Waals surface area contributed by atoms with Crippen molar-refractivity contribution in [3.05, 3.63) is 0 Å². The number of hydrogen-bond acceptors (Lipinski definition) is 2. The van der Waals surface area contributed by atoms with Crippen molar-refractivity contribution in [2.75, 3.05) is 32.4 Å². The lowest BCUT2D eigenvalue weighted by Gasteiger charge is -2.17. The first-order chi connectivity index (χ1) is 5.25. The number of hydrogen-bond donors (Lipinski definition) is 1. The number of nitrogens with one attached hydrogen (secondary N) is 1. The minimum Gasteiger partial charge on any atom is -0.344 e. The van der Waals surface area contributed by atoms with E-state index in [0.29, 0.717) is 30.4 Å². The molecule has 1 saturated heterocycles.